The fourth-order valence-corrected chi connectivity index (χ4v) is 4.00. The molecule has 1 atom stereocenters. The molecule has 0 saturated heterocycles. The largest absolute Gasteiger partial charge is 0.383 e. The molecule has 0 amide bonds. The highest BCUT2D eigenvalue weighted by Crippen LogP contribution is 2.34. The van der Waals surface area contributed by atoms with Gasteiger partial charge in [-0.05, 0) is 30.2 Å². The normalized spacial score (nSPS) is 22.0. The number of hydrogen-bond acceptors (Lipinski definition) is 5. The van der Waals surface area contributed by atoms with Crippen LogP contribution in [0.2, 0.25) is 0 Å². The van der Waals surface area contributed by atoms with Crippen molar-refractivity contribution in [1.29, 1.82) is 0 Å². The Balaban J connectivity index is 1.57. The smallest absolute Gasteiger partial charge is 0.105 e. The molecule has 4 rings (SSSR count). The van der Waals surface area contributed by atoms with Crippen LogP contribution in [-0.2, 0) is 24.2 Å². The number of methoxy groups -OCH3 is 1. The Morgan fingerprint density at radius 3 is 3.05 bits per heavy atom. The van der Waals surface area contributed by atoms with Crippen LogP contribution in [0, 0.1) is 5.92 Å². The SMILES string of the molecule is COC[C@@H]1c2nnn(CC3CC3)c2CCN1Cc1cccs1. The van der Waals surface area contributed by atoms with Gasteiger partial charge in [0.2, 0.25) is 0 Å². The molecule has 0 bridgehead atoms. The van der Waals surface area contributed by atoms with E-state index < -0.39 is 0 Å². The molecule has 2 aromatic heterocycles. The lowest BCUT2D eigenvalue weighted by molar-refractivity contribution is 0.0756. The molecule has 1 fully saturated rings. The molecule has 0 aromatic carbocycles. The maximum atomic E-state index is 5.47. The van der Waals surface area contributed by atoms with E-state index in [0.29, 0.717) is 6.61 Å². The molecule has 1 aliphatic carbocycles. The zero-order valence-electron chi connectivity index (χ0n) is 12.9. The summed E-state index contributed by atoms with van der Waals surface area (Å²) in [6.07, 6.45) is 3.74. The number of fused-ring (bicyclic) bond motifs is 1. The Kier molecular flexibility index (Phi) is 3.98. The molecular weight excluding hydrogens is 296 g/mol. The second kappa shape index (κ2) is 6.10. The third kappa shape index (κ3) is 2.83. The van der Waals surface area contributed by atoms with Gasteiger partial charge in [-0.2, -0.15) is 0 Å². The zero-order valence-corrected chi connectivity index (χ0v) is 13.8. The van der Waals surface area contributed by atoms with E-state index >= 15 is 0 Å². The minimum absolute atomic E-state index is 0.226. The summed E-state index contributed by atoms with van der Waals surface area (Å²) in [6, 6.07) is 4.55. The van der Waals surface area contributed by atoms with Crippen molar-refractivity contribution in [2.24, 2.45) is 5.92 Å². The van der Waals surface area contributed by atoms with Gasteiger partial charge >= 0.3 is 0 Å². The van der Waals surface area contributed by atoms with E-state index in [2.05, 4.69) is 37.4 Å². The lowest BCUT2D eigenvalue weighted by atomic mass is 10.0. The minimum atomic E-state index is 0.226. The van der Waals surface area contributed by atoms with Crippen LogP contribution >= 0.6 is 11.3 Å². The third-order valence-corrected chi connectivity index (χ3v) is 5.51. The van der Waals surface area contributed by atoms with Gasteiger partial charge < -0.3 is 4.74 Å². The molecule has 0 spiro atoms. The summed E-state index contributed by atoms with van der Waals surface area (Å²) in [5.41, 5.74) is 2.46. The highest BCUT2D eigenvalue weighted by molar-refractivity contribution is 7.09. The number of nitrogens with zero attached hydrogens (tertiary/aromatic N) is 4. The number of aromatic nitrogens is 3. The standard InChI is InChI=1S/C16H22N4OS/c1-21-11-15-16-14(20(18-17-16)9-12-4-5-12)6-7-19(15)10-13-3-2-8-22-13/h2-3,8,12,15H,4-7,9-11H2,1H3/t15-/m1/s1. The molecule has 22 heavy (non-hydrogen) atoms. The topological polar surface area (TPSA) is 43.2 Å². The van der Waals surface area contributed by atoms with Crippen LogP contribution in [-0.4, -0.2) is 40.2 Å². The van der Waals surface area contributed by atoms with Crippen molar-refractivity contribution in [2.45, 2.75) is 38.4 Å². The van der Waals surface area contributed by atoms with Gasteiger partial charge in [0, 0.05) is 38.0 Å². The van der Waals surface area contributed by atoms with E-state index in [1.807, 2.05) is 11.3 Å². The molecule has 5 nitrogen and oxygen atoms in total. The Morgan fingerprint density at radius 1 is 1.41 bits per heavy atom. The quantitative estimate of drug-likeness (QED) is 0.821. The third-order valence-electron chi connectivity index (χ3n) is 4.65. The van der Waals surface area contributed by atoms with Gasteiger partial charge in [-0.3, -0.25) is 4.90 Å². The number of hydrogen-bond donors (Lipinski definition) is 0. The van der Waals surface area contributed by atoms with Gasteiger partial charge in [0.1, 0.15) is 5.69 Å². The van der Waals surface area contributed by atoms with Crippen molar-refractivity contribution in [3.8, 4) is 0 Å². The fraction of sp³-hybridized carbons (Fsp3) is 0.625. The Bertz CT molecular complexity index is 620. The van der Waals surface area contributed by atoms with Gasteiger partial charge in [-0.25, -0.2) is 4.68 Å². The van der Waals surface area contributed by atoms with Crippen LogP contribution in [0.25, 0.3) is 0 Å². The molecule has 118 valence electrons. The highest BCUT2D eigenvalue weighted by Gasteiger charge is 2.33. The van der Waals surface area contributed by atoms with Crippen LogP contribution in [0.1, 0.15) is 35.1 Å². The molecule has 2 aromatic rings. The molecule has 2 aliphatic rings. The molecule has 1 aliphatic heterocycles. The first-order valence-corrected chi connectivity index (χ1v) is 8.90. The predicted molar refractivity (Wildman–Crippen MR) is 85.8 cm³/mol. The second-order valence-corrected chi connectivity index (χ2v) is 7.35. The van der Waals surface area contributed by atoms with Gasteiger partial charge in [0.05, 0.1) is 18.3 Å². The maximum absolute atomic E-state index is 5.47. The fourth-order valence-electron chi connectivity index (χ4n) is 3.27. The summed E-state index contributed by atoms with van der Waals surface area (Å²) in [5.74, 6) is 0.829. The lowest BCUT2D eigenvalue weighted by Crippen LogP contribution is -2.37. The predicted octanol–water partition coefficient (Wildman–Crippen LogP) is 2.50. The minimum Gasteiger partial charge on any atom is -0.383 e. The van der Waals surface area contributed by atoms with E-state index in [1.165, 1.54) is 23.4 Å². The first kappa shape index (κ1) is 14.4. The van der Waals surface area contributed by atoms with E-state index in [-0.39, 0.29) is 6.04 Å². The molecule has 3 heterocycles. The average molecular weight is 318 g/mol. The summed E-state index contributed by atoms with van der Waals surface area (Å²) in [6.45, 7) is 3.76. The Hall–Kier alpha value is -1.24. The second-order valence-electron chi connectivity index (χ2n) is 6.32. The number of rotatable bonds is 6. The summed E-state index contributed by atoms with van der Waals surface area (Å²) in [7, 11) is 1.77. The molecule has 6 heteroatoms. The van der Waals surface area contributed by atoms with Crippen molar-refractivity contribution in [3.63, 3.8) is 0 Å². The molecule has 0 radical (unpaired) electrons. The van der Waals surface area contributed by atoms with Crippen LogP contribution in [0.15, 0.2) is 17.5 Å². The van der Waals surface area contributed by atoms with Crippen molar-refractivity contribution in [1.82, 2.24) is 19.9 Å². The van der Waals surface area contributed by atoms with Gasteiger partial charge in [-0.1, -0.05) is 11.3 Å². The lowest BCUT2D eigenvalue weighted by Gasteiger charge is -2.34. The van der Waals surface area contributed by atoms with Crippen LogP contribution in [0.4, 0.5) is 0 Å². The molecule has 0 N–H and O–H groups in total. The first-order chi connectivity index (χ1) is 10.8. The number of thiophene rings is 1. The van der Waals surface area contributed by atoms with E-state index in [4.69, 9.17) is 4.74 Å². The van der Waals surface area contributed by atoms with Crippen LogP contribution < -0.4 is 0 Å². The van der Waals surface area contributed by atoms with Crippen molar-refractivity contribution < 1.29 is 4.74 Å². The maximum Gasteiger partial charge on any atom is 0.105 e. The summed E-state index contributed by atoms with van der Waals surface area (Å²) < 4.78 is 7.63. The summed E-state index contributed by atoms with van der Waals surface area (Å²) in [5, 5.41) is 11.1. The monoisotopic (exact) mass is 318 g/mol. The van der Waals surface area contributed by atoms with E-state index in [0.717, 1.165) is 37.7 Å². The van der Waals surface area contributed by atoms with Gasteiger partial charge in [0.25, 0.3) is 0 Å². The first-order valence-electron chi connectivity index (χ1n) is 8.02. The van der Waals surface area contributed by atoms with Crippen molar-refractivity contribution >= 4 is 11.3 Å². The number of ether oxygens (including phenoxy) is 1. The highest BCUT2D eigenvalue weighted by atomic mass is 32.1. The van der Waals surface area contributed by atoms with E-state index in [9.17, 15) is 0 Å². The average Bonchev–Trinajstić information content (AvgIpc) is 3.02. The van der Waals surface area contributed by atoms with Crippen LogP contribution in [0.5, 0.6) is 0 Å². The summed E-state index contributed by atoms with van der Waals surface area (Å²) >= 11 is 1.82. The molecule has 0 unspecified atom stereocenters. The van der Waals surface area contributed by atoms with Crippen LogP contribution in [0.3, 0.4) is 0 Å². The van der Waals surface area contributed by atoms with E-state index in [1.54, 1.807) is 7.11 Å². The van der Waals surface area contributed by atoms with Crippen molar-refractivity contribution in [3.05, 3.63) is 33.8 Å². The van der Waals surface area contributed by atoms with Crippen molar-refractivity contribution in [2.75, 3.05) is 20.3 Å². The summed E-state index contributed by atoms with van der Waals surface area (Å²) in [4.78, 5) is 3.88. The molecular formula is C16H22N4OS. The zero-order chi connectivity index (χ0) is 14.9. The Labute approximate surface area is 134 Å². The Morgan fingerprint density at radius 2 is 2.32 bits per heavy atom. The van der Waals surface area contributed by atoms with Gasteiger partial charge in [-0.15, -0.1) is 16.4 Å². The molecule has 1 saturated carbocycles. The van der Waals surface area contributed by atoms with Gasteiger partial charge in [0.15, 0.2) is 0 Å².